The molecule has 148 valence electrons. The van der Waals surface area contributed by atoms with Crippen LogP contribution in [0.1, 0.15) is 33.6 Å². The second kappa shape index (κ2) is 10.2. The molecule has 0 aromatic rings. The van der Waals surface area contributed by atoms with Gasteiger partial charge in [0.1, 0.15) is 0 Å². The van der Waals surface area contributed by atoms with Crippen LogP contribution in [0, 0.1) is 11.8 Å². The quantitative estimate of drug-likeness (QED) is 0.649. The van der Waals surface area contributed by atoms with Gasteiger partial charge in [0.05, 0.1) is 25.9 Å². The van der Waals surface area contributed by atoms with E-state index in [1.807, 2.05) is 0 Å². The van der Waals surface area contributed by atoms with Crippen LogP contribution in [-0.4, -0.2) is 50.5 Å². The average Bonchev–Trinajstić information content (AvgIpc) is 2.73. The average molecular weight is 370 g/mol. The third-order valence-electron chi connectivity index (χ3n) is 6.00. The van der Waals surface area contributed by atoms with Gasteiger partial charge in [-0.2, -0.15) is 0 Å². The fourth-order valence-electron chi connectivity index (χ4n) is 4.18. The molecule has 1 fully saturated rings. The van der Waals surface area contributed by atoms with Gasteiger partial charge in [0.25, 0.3) is 0 Å². The first-order chi connectivity index (χ1) is 13.2. The Hall–Kier alpha value is -1.42. The summed E-state index contributed by atoms with van der Waals surface area (Å²) in [5, 5.41) is 0. The summed E-state index contributed by atoms with van der Waals surface area (Å²) in [7, 11) is 0. The lowest BCUT2D eigenvalue weighted by atomic mass is 9.83. The zero-order valence-electron chi connectivity index (χ0n) is 17.2. The van der Waals surface area contributed by atoms with Crippen molar-refractivity contribution < 1.29 is 9.47 Å². The van der Waals surface area contributed by atoms with Gasteiger partial charge in [-0.3, -0.25) is 4.90 Å². The highest BCUT2D eigenvalue weighted by atomic mass is 16.5. The highest BCUT2D eigenvalue weighted by molar-refractivity contribution is 5.38. The van der Waals surface area contributed by atoms with Crippen molar-refractivity contribution in [3.05, 3.63) is 59.3 Å². The van der Waals surface area contributed by atoms with E-state index in [1.165, 1.54) is 16.7 Å². The number of morpholine rings is 1. The number of nitrogens with zero attached hydrogens (tertiary/aromatic N) is 1. The van der Waals surface area contributed by atoms with E-state index in [4.69, 9.17) is 9.47 Å². The molecular formula is C24H35NO2. The topological polar surface area (TPSA) is 21.7 Å². The lowest BCUT2D eigenvalue weighted by molar-refractivity contribution is 0.0334. The lowest BCUT2D eigenvalue weighted by Crippen LogP contribution is -2.39. The molecular weight excluding hydrogens is 334 g/mol. The van der Waals surface area contributed by atoms with Gasteiger partial charge in [0.2, 0.25) is 0 Å². The van der Waals surface area contributed by atoms with E-state index in [0.29, 0.717) is 18.4 Å². The van der Waals surface area contributed by atoms with Crippen LogP contribution in [0.5, 0.6) is 0 Å². The van der Waals surface area contributed by atoms with E-state index in [0.717, 1.165) is 45.7 Å². The van der Waals surface area contributed by atoms with Gasteiger partial charge in [-0.15, -0.1) is 0 Å². The van der Waals surface area contributed by atoms with Gasteiger partial charge in [-0.25, -0.2) is 0 Å². The molecule has 3 atom stereocenters. The Bertz CT molecular complexity index is 635. The van der Waals surface area contributed by atoms with E-state index >= 15 is 0 Å². The Balaban J connectivity index is 1.48. The standard InChI is InChI=1S/C24H35NO2/c1-4-19(3)23-7-6-8-24(22(23)5-2)27-18-21-11-9-20(10-12-21)17-25-13-15-26-16-14-25/h4,6-9,11-12,20,22,24H,5,10,13-18H2,1-3H3/b19-4+. The smallest absolute Gasteiger partial charge is 0.0831 e. The van der Waals surface area contributed by atoms with E-state index in [9.17, 15) is 0 Å². The maximum Gasteiger partial charge on any atom is 0.0831 e. The zero-order valence-corrected chi connectivity index (χ0v) is 17.2. The maximum absolute atomic E-state index is 6.33. The number of ether oxygens (including phenoxy) is 2. The third-order valence-corrected chi connectivity index (χ3v) is 6.00. The molecule has 3 heteroatoms. The predicted octanol–water partition coefficient (Wildman–Crippen LogP) is 4.69. The van der Waals surface area contributed by atoms with E-state index in [-0.39, 0.29) is 6.10 Å². The van der Waals surface area contributed by atoms with Gasteiger partial charge in [-0.05, 0) is 43.8 Å². The maximum atomic E-state index is 6.33. The Labute approximate surface area is 165 Å². The molecule has 0 radical (unpaired) electrons. The molecule has 3 aliphatic rings. The SMILES string of the molecule is C/C=C(\C)C1=CC=CC(OCC2=CCC(CN3CCOCC3)C=C2)C1CC. The monoisotopic (exact) mass is 369 g/mol. The summed E-state index contributed by atoms with van der Waals surface area (Å²) in [5.74, 6) is 1.07. The van der Waals surface area contributed by atoms with Crippen LogP contribution in [0.3, 0.4) is 0 Å². The van der Waals surface area contributed by atoms with Crippen LogP contribution in [0.25, 0.3) is 0 Å². The summed E-state index contributed by atoms with van der Waals surface area (Å²) < 4.78 is 11.8. The molecule has 1 heterocycles. The van der Waals surface area contributed by atoms with Gasteiger partial charge in [0.15, 0.2) is 0 Å². The second-order valence-corrected chi connectivity index (χ2v) is 7.82. The molecule has 0 bridgehead atoms. The van der Waals surface area contributed by atoms with Crippen molar-refractivity contribution in [3.63, 3.8) is 0 Å². The number of hydrogen-bond donors (Lipinski definition) is 0. The fourth-order valence-corrected chi connectivity index (χ4v) is 4.18. The number of hydrogen-bond acceptors (Lipinski definition) is 3. The van der Waals surface area contributed by atoms with Crippen molar-refractivity contribution in [1.29, 1.82) is 0 Å². The van der Waals surface area contributed by atoms with Crippen molar-refractivity contribution in [2.45, 2.75) is 39.7 Å². The Morgan fingerprint density at radius 2 is 2.11 bits per heavy atom. The van der Waals surface area contributed by atoms with Crippen molar-refractivity contribution >= 4 is 0 Å². The normalized spacial score (nSPS) is 29.6. The Kier molecular flexibility index (Phi) is 7.69. The summed E-state index contributed by atoms with van der Waals surface area (Å²) in [6, 6.07) is 0. The van der Waals surface area contributed by atoms with Gasteiger partial charge < -0.3 is 9.47 Å². The molecule has 3 unspecified atom stereocenters. The van der Waals surface area contributed by atoms with Crippen molar-refractivity contribution in [1.82, 2.24) is 4.90 Å². The van der Waals surface area contributed by atoms with Gasteiger partial charge in [0, 0.05) is 25.6 Å². The fraction of sp³-hybridized carbons (Fsp3) is 0.583. The highest BCUT2D eigenvalue weighted by Crippen LogP contribution is 2.31. The van der Waals surface area contributed by atoms with Crippen LogP contribution in [0.2, 0.25) is 0 Å². The minimum absolute atomic E-state index is 0.172. The molecule has 0 aromatic carbocycles. The molecule has 27 heavy (non-hydrogen) atoms. The van der Waals surface area contributed by atoms with E-state index in [2.05, 4.69) is 68.2 Å². The minimum Gasteiger partial charge on any atom is -0.379 e. The predicted molar refractivity (Wildman–Crippen MR) is 113 cm³/mol. The van der Waals surface area contributed by atoms with E-state index in [1.54, 1.807) is 0 Å². The Morgan fingerprint density at radius 3 is 2.78 bits per heavy atom. The molecule has 3 nitrogen and oxygen atoms in total. The van der Waals surface area contributed by atoms with Crippen molar-refractivity contribution in [2.75, 3.05) is 39.5 Å². The van der Waals surface area contributed by atoms with Crippen LogP contribution >= 0.6 is 0 Å². The number of rotatable bonds is 7. The second-order valence-electron chi connectivity index (χ2n) is 7.82. The molecule has 0 saturated carbocycles. The van der Waals surface area contributed by atoms with Crippen molar-refractivity contribution in [3.8, 4) is 0 Å². The van der Waals surface area contributed by atoms with Gasteiger partial charge in [-0.1, -0.05) is 55.0 Å². The first kappa shape index (κ1) is 20.3. The summed E-state index contributed by atoms with van der Waals surface area (Å²) in [6.07, 6.45) is 18.2. The highest BCUT2D eigenvalue weighted by Gasteiger charge is 2.25. The molecule has 0 aromatic heterocycles. The molecule has 0 spiro atoms. The Morgan fingerprint density at radius 1 is 1.30 bits per heavy atom. The molecule has 2 aliphatic carbocycles. The molecule has 1 saturated heterocycles. The largest absolute Gasteiger partial charge is 0.379 e. The van der Waals surface area contributed by atoms with Crippen LogP contribution in [0.15, 0.2) is 59.3 Å². The lowest BCUT2D eigenvalue weighted by Gasteiger charge is -2.31. The first-order valence-electron chi connectivity index (χ1n) is 10.5. The molecule has 0 N–H and O–H groups in total. The molecule has 3 rings (SSSR count). The summed E-state index contributed by atoms with van der Waals surface area (Å²) >= 11 is 0. The minimum atomic E-state index is 0.172. The van der Waals surface area contributed by atoms with Crippen molar-refractivity contribution in [2.24, 2.45) is 11.8 Å². The summed E-state index contributed by atoms with van der Waals surface area (Å²) in [5.41, 5.74) is 4.10. The summed E-state index contributed by atoms with van der Waals surface area (Å²) in [4.78, 5) is 2.52. The van der Waals surface area contributed by atoms with Gasteiger partial charge >= 0.3 is 0 Å². The van der Waals surface area contributed by atoms with Crippen LogP contribution in [0.4, 0.5) is 0 Å². The summed E-state index contributed by atoms with van der Waals surface area (Å²) in [6.45, 7) is 12.3. The van der Waals surface area contributed by atoms with Crippen LogP contribution in [-0.2, 0) is 9.47 Å². The van der Waals surface area contributed by atoms with Crippen LogP contribution < -0.4 is 0 Å². The molecule has 1 aliphatic heterocycles. The molecule has 0 amide bonds. The van der Waals surface area contributed by atoms with E-state index < -0.39 is 0 Å². The first-order valence-corrected chi connectivity index (χ1v) is 10.5. The number of allylic oxidation sites excluding steroid dienone is 5. The zero-order chi connectivity index (χ0) is 19.1. The third kappa shape index (κ3) is 5.54.